The van der Waals surface area contributed by atoms with Gasteiger partial charge < -0.3 is 19.7 Å². The first-order valence-corrected chi connectivity index (χ1v) is 20.4. The number of amides is 2. The van der Waals surface area contributed by atoms with Gasteiger partial charge in [0, 0.05) is 69.0 Å². The normalized spacial score (nSPS) is 22.3. The number of hydrogen-bond acceptors (Lipinski definition) is 12. The van der Waals surface area contributed by atoms with Crippen LogP contribution in [0.2, 0.25) is 0 Å². The molecule has 1 saturated carbocycles. The molecule has 54 heavy (non-hydrogen) atoms. The third-order valence-electron chi connectivity index (χ3n) is 11.7. The number of rotatable bonds is 18. The number of esters is 2. The number of thiazole rings is 1. The van der Waals surface area contributed by atoms with Crippen molar-refractivity contribution >= 4 is 40.9 Å². The number of fused-ring (bicyclic) bond motifs is 3. The van der Waals surface area contributed by atoms with E-state index in [4.69, 9.17) is 9.47 Å². The zero-order valence-electron chi connectivity index (χ0n) is 32.9. The number of nitrogens with one attached hydrogen (secondary N) is 1. The second-order valence-electron chi connectivity index (χ2n) is 16.1. The minimum Gasteiger partial charge on any atom is -0.469 e. The Morgan fingerprint density at radius 2 is 1.72 bits per heavy atom. The number of hydrogen-bond donors (Lipinski definition) is 1. The summed E-state index contributed by atoms with van der Waals surface area (Å²) in [5.74, 6) is -0.712. The van der Waals surface area contributed by atoms with Crippen molar-refractivity contribution in [3.63, 3.8) is 0 Å². The first kappa shape index (κ1) is 41.4. The maximum absolute atomic E-state index is 14.4. The highest BCUT2D eigenvalue weighted by Crippen LogP contribution is 2.40. The predicted octanol–water partition coefficient (Wildman–Crippen LogP) is 5.12. The van der Waals surface area contributed by atoms with Gasteiger partial charge in [0.05, 0.1) is 19.1 Å². The highest BCUT2D eigenvalue weighted by molar-refractivity contribution is 7.09. The van der Waals surface area contributed by atoms with E-state index in [1.54, 1.807) is 36.6 Å². The number of aromatic nitrogens is 3. The Morgan fingerprint density at radius 1 is 1.04 bits per heavy atom. The van der Waals surface area contributed by atoms with Gasteiger partial charge in [-0.2, -0.15) is 0 Å². The van der Waals surface area contributed by atoms with Crippen LogP contribution >= 0.6 is 11.3 Å². The molecule has 0 radical (unpaired) electrons. The van der Waals surface area contributed by atoms with E-state index < -0.39 is 29.9 Å². The van der Waals surface area contributed by atoms with Gasteiger partial charge in [0.1, 0.15) is 16.5 Å². The number of nitrogens with zero attached hydrogens (tertiary/aromatic N) is 5. The number of ketones is 1. The number of methoxy groups -OCH3 is 1. The molecule has 6 rings (SSSR count). The highest BCUT2D eigenvalue weighted by atomic mass is 32.1. The summed E-state index contributed by atoms with van der Waals surface area (Å²) in [5.41, 5.74) is 1.05. The maximum atomic E-state index is 14.4. The Bertz CT molecular complexity index is 1620. The summed E-state index contributed by atoms with van der Waals surface area (Å²) < 4.78 is 10.7. The molecule has 0 aromatic carbocycles. The smallest absolute Gasteiger partial charge is 0.308 e. The fourth-order valence-corrected chi connectivity index (χ4v) is 9.17. The zero-order valence-corrected chi connectivity index (χ0v) is 33.7. The Labute approximate surface area is 323 Å². The van der Waals surface area contributed by atoms with Crippen LogP contribution in [0.25, 0.3) is 0 Å². The van der Waals surface area contributed by atoms with Gasteiger partial charge in [0.25, 0.3) is 5.91 Å². The van der Waals surface area contributed by atoms with Crippen molar-refractivity contribution in [2.24, 2.45) is 29.6 Å². The SMILES string of the molecule is COC(=O)[C@@H](C)C[C@H](Cc1ncc(C)cn1)NC(=O)c1csc([C@@H](C[C@H](C(C)C)N(C)C(=O)[C@@H](CC(=O)[C@H]2CC3CCN2CC3)C2CCC2)OC(C)=O)n1. The van der Waals surface area contributed by atoms with Crippen LogP contribution in [-0.4, -0.2) is 99.7 Å². The van der Waals surface area contributed by atoms with Crippen molar-refractivity contribution in [3.8, 4) is 0 Å². The van der Waals surface area contributed by atoms with Crippen LogP contribution in [0, 0.1) is 36.5 Å². The minimum absolute atomic E-state index is 0.000719. The molecular weight excluding hydrogens is 709 g/mol. The molecule has 2 aromatic heterocycles. The van der Waals surface area contributed by atoms with Crippen molar-refractivity contribution < 1.29 is 33.4 Å². The molecule has 3 saturated heterocycles. The lowest BCUT2D eigenvalue weighted by atomic mass is 9.71. The van der Waals surface area contributed by atoms with Gasteiger partial charge in [-0.3, -0.25) is 28.9 Å². The van der Waals surface area contributed by atoms with Gasteiger partial charge in [-0.15, -0.1) is 11.3 Å². The summed E-state index contributed by atoms with van der Waals surface area (Å²) in [5, 5.41) is 5.06. The van der Waals surface area contributed by atoms with E-state index in [0.717, 1.165) is 57.2 Å². The predicted molar refractivity (Wildman–Crippen MR) is 203 cm³/mol. The van der Waals surface area contributed by atoms with E-state index in [0.29, 0.717) is 29.6 Å². The van der Waals surface area contributed by atoms with Crippen molar-refractivity contribution in [3.05, 3.63) is 39.9 Å². The van der Waals surface area contributed by atoms with Gasteiger partial charge in [0.2, 0.25) is 5.91 Å². The van der Waals surface area contributed by atoms with E-state index in [-0.39, 0.29) is 66.0 Å². The van der Waals surface area contributed by atoms with Crippen molar-refractivity contribution in [2.75, 3.05) is 27.2 Å². The molecule has 0 spiro atoms. The zero-order chi connectivity index (χ0) is 39.1. The van der Waals surface area contributed by atoms with Crippen LogP contribution < -0.4 is 5.32 Å². The quantitative estimate of drug-likeness (QED) is 0.201. The molecule has 0 unspecified atom stereocenters. The molecule has 14 heteroatoms. The number of Topliss-reactive ketones (excluding diaryl/α,β-unsaturated/α-hetero) is 1. The molecule has 2 bridgehead atoms. The van der Waals surface area contributed by atoms with E-state index in [2.05, 4.69) is 25.2 Å². The molecule has 4 aliphatic rings. The summed E-state index contributed by atoms with van der Waals surface area (Å²) in [6, 6.07) is -0.894. The number of ether oxygens (including phenoxy) is 2. The van der Waals surface area contributed by atoms with Crippen LogP contribution in [-0.2, 0) is 35.1 Å². The maximum Gasteiger partial charge on any atom is 0.308 e. The molecular formula is C40H58N6O7S. The van der Waals surface area contributed by atoms with Crippen LogP contribution in [0.15, 0.2) is 17.8 Å². The molecule has 6 atom stereocenters. The lowest BCUT2D eigenvalue weighted by Crippen LogP contribution is -2.53. The van der Waals surface area contributed by atoms with Crippen molar-refractivity contribution in [1.82, 2.24) is 30.1 Å². The van der Waals surface area contributed by atoms with Gasteiger partial charge in [-0.25, -0.2) is 15.0 Å². The fourth-order valence-electron chi connectivity index (χ4n) is 8.33. The lowest BCUT2D eigenvalue weighted by molar-refractivity contribution is -0.150. The Kier molecular flexibility index (Phi) is 14.3. The largest absolute Gasteiger partial charge is 0.469 e. The molecule has 1 aliphatic carbocycles. The standard InChI is InChI=1S/C40H58N6O7S/c1-23(2)32(45(6)39(50)30(28-9-8-10-28)18-34(48)33-16-27-11-13-46(33)14-12-27)19-35(53-26(5)47)38-44-31(22-54-38)37(49)43-29(15-25(4)40(51)52-7)17-36-41-20-24(3)21-42-36/h20-23,25,27-30,32-33,35H,8-19H2,1-7H3,(H,43,49)/t25-,29+,30-,32+,33+,35+/m0/s1. The van der Waals surface area contributed by atoms with Gasteiger partial charge in [-0.1, -0.05) is 27.2 Å². The molecule has 1 N–H and O–H groups in total. The molecule has 13 nitrogen and oxygen atoms in total. The van der Waals surface area contributed by atoms with Crippen LogP contribution in [0.1, 0.15) is 118 Å². The number of piperidine rings is 3. The van der Waals surface area contributed by atoms with E-state index in [1.807, 2.05) is 20.8 Å². The summed E-state index contributed by atoms with van der Waals surface area (Å²) in [7, 11) is 3.13. The van der Waals surface area contributed by atoms with Crippen molar-refractivity contribution in [2.45, 2.75) is 123 Å². The first-order chi connectivity index (χ1) is 25.7. The lowest BCUT2D eigenvalue weighted by Gasteiger charge is -2.45. The Hall–Kier alpha value is -3.78. The van der Waals surface area contributed by atoms with Crippen LogP contribution in [0.5, 0.6) is 0 Å². The van der Waals surface area contributed by atoms with Gasteiger partial charge in [0.15, 0.2) is 11.9 Å². The fraction of sp³-hybridized carbons (Fsp3) is 0.700. The Morgan fingerprint density at radius 3 is 2.28 bits per heavy atom. The van der Waals surface area contributed by atoms with E-state index >= 15 is 0 Å². The average Bonchev–Trinajstić information content (AvgIpc) is 3.63. The monoisotopic (exact) mass is 766 g/mol. The summed E-state index contributed by atoms with van der Waals surface area (Å²) >= 11 is 1.21. The van der Waals surface area contributed by atoms with Crippen molar-refractivity contribution in [1.29, 1.82) is 0 Å². The number of carbonyl (C=O) groups excluding carboxylic acids is 5. The van der Waals surface area contributed by atoms with E-state index in [1.165, 1.54) is 25.4 Å². The molecule has 5 heterocycles. The van der Waals surface area contributed by atoms with Gasteiger partial charge in [-0.05, 0) is 81.9 Å². The topological polar surface area (TPSA) is 161 Å². The Balaban J connectivity index is 1.29. The third-order valence-corrected chi connectivity index (χ3v) is 12.7. The number of aryl methyl sites for hydroxylation is 1. The van der Waals surface area contributed by atoms with Crippen LogP contribution in [0.4, 0.5) is 0 Å². The highest BCUT2D eigenvalue weighted by Gasteiger charge is 2.43. The minimum atomic E-state index is -0.804. The summed E-state index contributed by atoms with van der Waals surface area (Å²) in [6.07, 6.45) is 9.91. The summed E-state index contributed by atoms with van der Waals surface area (Å²) in [4.78, 5) is 83.9. The molecule has 3 aliphatic heterocycles. The van der Waals surface area contributed by atoms with Gasteiger partial charge >= 0.3 is 11.9 Å². The van der Waals surface area contributed by atoms with E-state index in [9.17, 15) is 24.0 Å². The molecule has 296 valence electrons. The van der Waals surface area contributed by atoms with Crippen LogP contribution in [0.3, 0.4) is 0 Å². The number of carbonyl (C=O) groups is 5. The molecule has 2 amide bonds. The second-order valence-corrected chi connectivity index (χ2v) is 17.0. The molecule has 2 aromatic rings. The first-order valence-electron chi connectivity index (χ1n) is 19.6. The molecule has 4 fully saturated rings. The second kappa shape index (κ2) is 18.7. The average molecular weight is 767 g/mol. The third kappa shape index (κ3) is 10.5. The summed E-state index contributed by atoms with van der Waals surface area (Å²) in [6.45, 7) is 11.0.